The number of aliphatic hydroxyl groups excluding tert-OH is 2. The molecule has 426 valence electrons. The number of rotatable bonds is 61. The molecule has 0 radical (unpaired) electrons. The predicted octanol–water partition coefficient (Wildman–Crippen LogP) is 20.6. The van der Waals surface area contributed by atoms with Crippen molar-refractivity contribution in [1.82, 2.24) is 5.32 Å². The van der Waals surface area contributed by atoms with Gasteiger partial charge in [0, 0.05) is 12.8 Å². The number of allylic oxidation sites excluding steroid dienone is 3. The first kappa shape index (κ1) is 70.3. The largest absolute Gasteiger partial charge is 0.466 e. The van der Waals surface area contributed by atoms with Crippen LogP contribution in [-0.4, -0.2) is 47.4 Å². The summed E-state index contributed by atoms with van der Waals surface area (Å²) in [6.45, 7) is 4.92. The van der Waals surface area contributed by atoms with Crippen LogP contribution in [0, 0.1) is 0 Å². The van der Waals surface area contributed by atoms with Crippen molar-refractivity contribution in [2.75, 3.05) is 13.2 Å². The van der Waals surface area contributed by atoms with Gasteiger partial charge in [0.25, 0.3) is 0 Å². The summed E-state index contributed by atoms with van der Waals surface area (Å²) in [6, 6.07) is -0.632. The summed E-state index contributed by atoms with van der Waals surface area (Å²) in [5.74, 6) is -0.0653. The average Bonchev–Trinajstić information content (AvgIpc) is 3.38. The lowest BCUT2D eigenvalue weighted by Crippen LogP contribution is -2.45. The van der Waals surface area contributed by atoms with E-state index in [0.29, 0.717) is 19.4 Å². The first-order chi connectivity index (χ1) is 35.5. The van der Waals surface area contributed by atoms with Crippen LogP contribution in [0.2, 0.25) is 0 Å². The highest BCUT2D eigenvalue weighted by Crippen LogP contribution is 2.18. The topological polar surface area (TPSA) is 95.9 Å². The highest BCUT2D eigenvalue weighted by molar-refractivity contribution is 5.76. The quantitative estimate of drug-likeness (QED) is 0.0320. The van der Waals surface area contributed by atoms with Crippen LogP contribution in [0.1, 0.15) is 361 Å². The minimum atomic E-state index is -0.849. The zero-order valence-electron chi connectivity index (χ0n) is 48.7. The summed E-state index contributed by atoms with van der Waals surface area (Å²) < 4.78 is 5.50. The Balaban J connectivity index is 3.42. The number of unbranched alkanes of at least 4 members (excludes halogenated alkanes) is 48. The van der Waals surface area contributed by atoms with Crippen LogP contribution >= 0.6 is 0 Å². The number of amides is 1. The molecule has 0 aliphatic heterocycles. The molecular weight excluding hydrogens is 887 g/mol. The lowest BCUT2D eigenvalue weighted by Gasteiger charge is -2.20. The lowest BCUT2D eigenvalue weighted by molar-refractivity contribution is -0.143. The molecule has 0 aromatic carbocycles. The summed E-state index contributed by atoms with van der Waals surface area (Å²) in [5, 5.41) is 23.2. The first-order valence-corrected chi connectivity index (χ1v) is 32.6. The van der Waals surface area contributed by atoms with Crippen molar-refractivity contribution in [2.24, 2.45) is 0 Å². The number of nitrogens with one attached hydrogen (secondary N) is 1. The number of carbonyl (C=O) groups is 2. The molecule has 0 aliphatic rings. The van der Waals surface area contributed by atoms with Gasteiger partial charge in [-0.2, -0.15) is 0 Å². The van der Waals surface area contributed by atoms with E-state index in [2.05, 4.69) is 31.3 Å². The maximum absolute atomic E-state index is 12.5. The molecule has 0 bridgehead atoms. The lowest BCUT2D eigenvalue weighted by atomic mass is 10.0. The number of carbonyl (C=O) groups excluding carboxylic acids is 2. The van der Waals surface area contributed by atoms with E-state index in [1.54, 1.807) is 6.08 Å². The van der Waals surface area contributed by atoms with Crippen LogP contribution < -0.4 is 5.32 Å². The summed E-state index contributed by atoms with van der Waals surface area (Å²) >= 11 is 0. The van der Waals surface area contributed by atoms with Crippen molar-refractivity contribution >= 4 is 11.9 Å². The minimum Gasteiger partial charge on any atom is -0.466 e. The monoisotopic (exact) mass is 1010 g/mol. The molecule has 6 heteroatoms. The van der Waals surface area contributed by atoms with Gasteiger partial charge in [-0.3, -0.25) is 9.59 Å². The number of hydrogen-bond donors (Lipinski definition) is 3. The third-order valence-corrected chi connectivity index (χ3v) is 15.2. The molecule has 0 fully saturated rings. The molecule has 72 heavy (non-hydrogen) atoms. The van der Waals surface area contributed by atoms with Gasteiger partial charge in [0.1, 0.15) is 0 Å². The Hall–Kier alpha value is -1.66. The van der Waals surface area contributed by atoms with Gasteiger partial charge in [0.2, 0.25) is 5.91 Å². The van der Waals surface area contributed by atoms with Crippen LogP contribution in [-0.2, 0) is 14.3 Å². The fraction of sp³-hybridized carbons (Fsp3) is 0.909. The SMILES string of the molecule is CCCCCCCC/C=C\CCCCCCCCCCCC(=O)OCCCCCCCCCCCCCCCCCCCC(=O)NC(CO)C(O)/C=C/CCCCCCCCCCCCCCCCCCC. The van der Waals surface area contributed by atoms with E-state index in [0.717, 1.165) is 44.9 Å². The molecule has 3 N–H and O–H groups in total. The van der Waals surface area contributed by atoms with Crippen molar-refractivity contribution in [3.8, 4) is 0 Å². The Kier molecular flexibility index (Phi) is 60.5. The zero-order valence-corrected chi connectivity index (χ0v) is 48.7. The summed E-state index contributed by atoms with van der Waals surface area (Å²) in [5.41, 5.74) is 0. The third-order valence-electron chi connectivity index (χ3n) is 15.2. The van der Waals surface area contributed by atoms with Gasteiger partial charge in [-0.05, 0) is 57.8 Å². The summed E-state index contributed by atoms with van der Waals surface area (Å²) in [6.07, 6.45) is 76.5. The highest BCUT2D eigenvalue weighted by atomic mass is 16.5. The second kappa shape index (κ2) is 61.9. The number of ether oxygens (including phenoxy) is 1. The van der Waals surface area contributed by atoms with Crippen LogP contribution in [0.5, 0.6) is 0 Å². The summed E-state index contributed by atoms with van der Waals surface area (Å²) in [7, 11) is 0. The molecule has 0 aliphatic carbocycles. The molecule has 2 unspecified atom stereocenters. The van der Waals surface area contributed by atoms with Crippen molar-refractivity contribution in [1.29, 1.82) is 0 Å². The first-order valence-electron chi connectivity index (χ1n) is 32.6. The maximum atomic E-state index is 12.5. The normalized spacial score (nSPS) is 12.7. The Morgan fingerprint density at radius 1 is 0.375 bits per heavy atom. The predicted molar refractivity (Wildman–Crippen MR) is 315 cm³/mol. The van der Waals surface area contributed by atoms with E-state index in [9.17, 15) is 19.8 Å². The number of aliphatic hydroxyl groups is 2. The molecule has 0 saturated heterocycles. The van der Waals surface area contributed by atoms with Crippen LogP contribution in [0.15, 0.2) is 24.3 Å². The molecule has 6 nitrogen and oxygen atoms in total. The van der Waals surface area contributed by atoms with Gasteiger partial charge in [0.05, 0.1) is 25.4 Å². The van der Waals surface area contributed by atoms with Crippen LogP contribution in [0.3, 0.4) is 0 Å². The molecule has 0 spiro atoms. The molecule has 1 amide bonds. The van der Waals surface area contributed by atoms with Gasteiger partial charge < -0.3 is 20.3 Å². The standard InChI is InChI=1S/C66H127NO5/c1-3-5-7-9-11-13-15-17-19-21-23-26-30-34-38-42-46-50-54-58-64(69)63(62-68)67-65(70)59-55-51-47-43-39-35-31-27-25-29-33-37-41-45-49-53-57-61-72-66(71)60-56-52-48-44-40-36-32-28-24-22-20-18-16-14-12-10-8-6-4-2/h18,20,54,58,63-64,68-69H,3-17,19,21-53,55-57,59-62H2,1-2H3,(H,67,70)/b20-18-,58-54+. The zero-order chi connectivity index (χ0) is 52.2. The van der Waals surface area contributed by atoms with Gasteiger partial charge in [-0.25, -0.2) is 0 Å². The molecule has 0 aromatic heterocycles. The fourth-order valence-electron chi connectivity index (χ4n) is 10.2. The van der Waals surface area contributed by atoms with Gasteiger partial charge in [-0.15, -0.1) is 0 Å². The van der Waals surface area contributed by atoms with E-state index in [4.69, 9.17) is 4.74 Å². The van der Waals surface area contributed by atoms with Crippen LogP contribution in [0.4, 0.5) is 0 Å². The van der Waals surface area contributed by atoms with Gasteiger partial charge >= 0.3 is 5.97 Å². The molecule has 0 heterocycles. The van der Waals surface area contributed by atoms with E-state index < -0.39 is 12.1 Å². The Bertz CT molecular complexity index is 1120. The van der Waals surface area contributed by atoms with Crippen molar-refractivity contribution < 1.29 is 24.5 Å². The number of esters is 1. The van der Waals surface area contributed by atoms with Gasteiger partial charge in [-0.1, -0.05) is 314 Å². The number of hydrogen-bond acceptors (Lipinski definition) is 5. The van der Waals surface area contributed by atoms with Crippen LogP contribution in [0.25, 0.3) is 0 Å². The molecule has 2 atom stereocenters. The molecule has 0 rings (SSSR count). The maximum Gasteiger partial charge on any atom is 0.305 e. The van der Waals surface area contributed by atoms with Crippen molar-refractivity contribution in [3.05, 3.63) is 24.3 Å². The van der Waals surface area contributed by atoms with Crippen molar-refractivity contribution in [3.63, 3.8) is 0 Å². The van der Waals surface area contributed by atoms with Gasteiger partial charge in [0.15, 0.2) is 0 Å². The molecule has 0 saturated carbocycles. The smallest absolute Gasteiger partial charge is 0.305 e. The second-order valence-corrected chi connectivity index (χ2v) is 22.5. The second-order valence-electron chi connectivity index (χ2n) is 22.5. The van der Waals surface area contributed by atoms with E-state index in [1.165, 1.54) is 289 Å². The highest BCUT2D eigenvalue weighted by Gasteiger charge is 2.18. The molecular formula is C66H127NO5. The summed E-state index contributed by atoms with van der Waals surface area (Å²) in [4.78, 5) is 24.6. The Morgan fingerprint density at radius 2 is 0.653 bits per heavy atom. The Labute approximate surface area is 450 Å². The van der Waals surface area contributed by atoms with E-state index in [1.807, 2.05) is 6.08 Å². The average molecular weight is 1010 g/mol. The fourth-order valence-corrected chi connectivity index (χ4v) is 10.2. The Morgan fingerprint density at radius 3 is 0.986 bits per heavy atom. The van der Waals surface area contributed by atoms with Crippen molar-refractivity contribution in [2.45, 2.75) is 373 Å². The third kappa shape index (κ3) is 57.6. The minimum absolute atomic E-state index is 0.00480. The van der Waals surface area contributed by atoms with E-state index >= 15 is 0 Å². The molecule has 0 aromatic rings. The van der Waals surface area contributed by atoms with E-state index in [-0.39, 0.29) is 18.5 Å².